The lowest BCUT2D eigenvalue weighted by Crippen LogP contribution is -2.27. The van der Waals surface area contributed by atoms with Crippen LogP contribution in [0.3, 0.4) is 0 Å². The van der Waals surface area contributed by atoms with Gasteiger partial charge >= 0.3 is 0 Å². The van der Waals surface area contributed by atoms with Gasteiger partial charge in [-0.05, 0) is 25.5 Å². The first-order valence-electron chi connectivity index (χ1n) is 7.08. The molecule has 0 fully saturated rings. The van der Waals surface area contributed by atoms with Gasteiger partial charge in [-0.15, -0.1) is 0 Å². The van der Waals surface area contributed by atoms with Crippen molar-refractivity contribution in [2.24, 2.45) is 0 Å². The molecule has 106 valence electrons. The zero-order valence-electron chi connectivity index (χ0n) is 11.9. The maximum atomic E-state index is 10.6. The number of hydrogen-bond donors (Lipinski definition) is 1. The molecule has 0 heterocycles. The molecule has 1 atom stereocenters. The Kier molecular flexibility index (Phi) is 7.11. The summed E-state index contributed by atoms with van der Waals surface area (Å²) in [6, 6.07) is 7.33. The third kappa shape index (κ3) is 5.83. The molecule has 1 N–H and O–H groups in total. The van der Waals surface area contributed by atoms with E-state index in [1.807, 2.05) is 19.2 Å². The Balaban J connectivity index is 2.44. The van der Waals surface area contributed by atoms with Crippen molar-refractivity contribution in [3.8, 4) is 0 Å². The molecule has 4 nitrogen and oxygen atoms in total. The van der Waals surface area contributed by atoms with Crippen molar-refractivity contribution in [3.63, 3.8) is 0 Å². The average Bonchev–Trinajstić information content (AvgIpc) is 2.42. The van der Waals surface area contributed by atoms with Gasteiger partial charge in [0.2, 0.25) is 0 Å². The molecule has 0 saturated heterocycles. The molecule has 0 spiro atoms. The van der Waals surface area contributed by atoms with Crippen molar-refractivity contribution < 1.29 is 4.92 Å². The van der Waals surface area contributed by atoms with Crippen LogP contribution in [0.1, 0.15) is 44.6 Å². The summed E-state index contributed by atoms with van der Waals surface area (Å²) in [4.78, 5) is 10.2. The minimum Gasteiger partial charge on any atom is -0.317 e. The second-order valence-corrected chi connectivity index (χ2v) is 4.96. The fraction of sp³-hybridized carbons (Fsp3) is 0.600. The van der Waals surface area contributed by atoms with Crippen molar-refractivity contribution in [1.82, 2.24) is 5.32 Å². The van der Waals surface area contributed by atoms with Crippen LogP contribution in [0.15, 0.2) is 24.3 Å². The molecule has 0 bridgehead atoms. The lowest BCUT2D eigenvalue weighted by molar-refractivity contribution is -0.384. The molecule has 0 aliphatic heterocycles. The van der Waals surface area contributed by atoms with Crippen LogP contribution in [0.25, 0.3) is 0 Å². The van der Waals surface area contributed by atoms with Crippen LogP contribution in [-0.4, -0.2) is 18.0 Å². The summed E-state index contributed by atoms with van der Waals surface area (Å²) < 4.78 is 0. The van der Waals surface area contributed by atoms with Crippen molar-refractivity contribution in [2.45, 2.75) is 51.5 Å². The predicted octanol–water partition coefficient (Wildman–Crippen LogP) is 3.70. The summed E-state index contributed by atoms with van der Waals surface area (Å²) in [6.07, 6.45) is 7.18. The van der Waals surface area contributed by atoms with Crippen LogP contribution in [0.4, 0.5) is 5.69 Å². The number of nitro benzene ring substituents is 1. The quantitative estimate of drug-likeness (QED) is 0.420. The first kappa shape index (κ1) is 15.6. The summed E-state index contributed by atoms with van der Waals surface area (Å²) in [5.74, 6) is 0. The normalized spacial score (nSPS) is 12.3. The van der Waals surface area contributed by atoms with E-state index in [1.165, 1.54) is 25.7 Å². The summed E-state index contributed by atoms with van der Waals surface area (Å²) in [5.41, 5.74) is 1.31. The Bertz CT molecular complexity index is 376. The Hall–Kier alpha value is -1.42. The van der Waals surface area contributed by atoms with E-state index in [2.05, 4.69) is 12.2 Å². The molecule has 1 aromatic carbocycles. The minimum absolute atomic E-state index is 0.160. The Morgan fingerprint density at radius 3 is 2.42 bits per heavy atom. The van der Waals surface area contributed by atoms with Crippen LogP contribution in [0, 0.1) is 10.1 Å². The van der Waals surface area contributed by atoms with Gasteiger partial charge in [0.15, 0.2) is 0 Å². The highest BCUT2D eigenvalue weighted by Crippen LogP contribution is 2.15. The molecule has 0 radical (unpaired) electrons. The number of hydrogen-bond acceptors (Lipinski definition) is 3. The van der Waals surface area contributed by atoms with E-state index in [4.69, 9.17) is 0 Å². The van der Waals surface area contributed by atoms with Crippen molar-refractivity contribution in [3.05, 3.63) is 39.9 Å². The number of non-ortho nitro benzene ring substituents is 1. The van der Waals surface area contributed by atoms with Crippen molar-refractivity contribution in [2.75, 3.05) is 7.05 Å². The number of likely N-dealkylation sites (N-methyl/N-ethyl adjacent to an activating group) is 1. The van der Waals surface area contributed by atoms with Gasteiger partial charge in [0.25, 0.3) is 5.69 Å². The molecule has 4 heteroatoms. The standard InChI is InChI=1S/C15H24N2O2/c1-3-4-5-6-7-14(16-2)12-13-8-10-15(11-9-13)17(18)19/h8-11,14,16H,3-7,12H2,1-2H3. The van der Waals surface area contributed by atoms with Gasteiger partial charge < -0.3 is 5.32 Å². The van der Waals surface area contributed by atoms with Gasteiger partial charge in [-0.3, -0.25) is 10.1 Å². The lowest BCUT2D eigenvalue weighted by Gasteiger charge is -2.16. The Labute approximate surface area is 115 Å². The smallest absolute Gasteiger partial charge is 0.269 e. The van der Waals surface area contributed by atoms with Crippen LogP contribution in [-0.2, 0) is 6.42 Å². The van der Waals surface area contributed by atoms with Crippen LogP contribution < -0.4 is 5.32 Å². The zero-order valence-corrected chi connectivity index (χ0v) is 11.9. The van der Waals surface area contributed by atoms with E-state index in [0.717, 1.165) is 18.4 Å². The van der Waals surface area contributed by atoms with E-state index in [9.17, 15) is 10.1 Å². The molecular formula is C15H24N2O2. The number of unbranched alkanes of at least 4 members (excludes halogenated alkanes) is 3. The largest absolute Gasteiger partial charge is 0.317 e. The molecular weight excluding hydrogens is 240 g/mol. The first-order valence-corrected chi connectivity index (χ1v) is 7.08. The van der Waals surface area contributed by atoms with E-state index in [1.54, 1.807) is 12.1 Å². The summed E-state index contributed by atoms with van der Waals surface area (Å²) >= 11 is 0. The molecule has 0 amide bonds. The zero-order chi connectivity index (χ0) is 14.1. The predicted molar refractivity (Wildman–Crippen MR) is 78.4 cm³/mol. The van der Waals surface area contributed by atoms with E-state index >= 15 is 0 Å². The highest BCUT2D eigenvalue weighted by Gasteiger charge is 2.09. The van der Waals surface area contributed by atoms with Crippen LogP contribution in [0.2, 0.25) is 0 Å². The number of nitro groups is 1. The van der Waals surface area contributed by atoms with Gasteiger partial charge in [0.05, 0.1) is 4.92 Å². The topological polar surface area (TPSA) is 55.2 Å². The second-order valence-electron chi connectivity index (χ2n) is 4.96. The molecule has 0 aliphatic carbocycles. The van der Waals surface area contributed by atoms with Crippen molar-refractivity contribution >= 4 is 5.69 Å². The SMILES string of the molecule is CCCCCCC(Cc1ccc([N+](=O)[O-])cc1)NC. The highest BCUT2D eigenvalue weighted by molar-refractivity contribution is 5.33. The fourth-order valence-corrected chi connectivity index (χ4v) is 2.20. The van der Waals surface area contributed by atoms with Gasteiger partial charge in [-0.2, -0.15) is 0 Å². The van der Waals surface area contributed by atoms with Gasteiger partial charge in [-0.1, -0.05) is 44.7 Å². The Morgan fingerprint density at radius 1 is 1.21 bits per heavy atom. The van der Waals surface area contributed by atoms with E-state index in [-0.39, 0.29) is 10.6 Å². The van der Waals surface area contributed by atoms with Crippen LogP contribution in [0.5, 0.6) is 0 Å². The second kappa shape index (κ2) is 8.64. The van der Waals surface area contributed by atoms with E-state index < -0.39 is 0 Å². The highest BCUT2D eigenvalue weighted by atomic mass is 16.6. The molecule has 0 saturated carbocycles. The molecule has 0 aromatic heterocycles. The Morgan fingerprint density at radius 2 is 1.89 bits per heavy atom. The van der Waals surface area contributed by atoms with E-state index in [0.29, 0.717) is 6.04 Å². The van der Waals surface area contributed by atoms with Crippen LogP contribution >= 0.6 is 0 Å². The molecule has 1 aromatic rings. The minimum atomic E-state index is -0.357. The maximum Gasteiger partial charge on any atom is 0.269 e. The molecule has 0 aliphatic rings. The van der Waals surface area contributed by atoms with Crippen molar-refractivity contribution in [1.29, 1.82) is 0 Å². The third-order valence-electron chi connectivity index (χ3n) is 3.44. The molecule has 1 rings (SSSR count). The molecule has 19 heavy (non-hydrogen) atoms. The molecule has 1 unspecified atom stereocenters. The summed E-state index contributed by atoms with van der Waals surface area (Å²) in [5, 5.41) is 13.9. The van der Waals surface area contributed by atoms with Gasteiger partial charge in [0, 0.05) is 18.2 Å². The number of nitrogens with one attached hydrogen (secondary N) is 1. The fourth-order valence-electron chi connectivity index (χ4n) is 2.20. The van der Waals surface area contributed by atoms with Gasteiger partial charge in [0.1, 0.15) is 0 Å². The third-order valence-corrected chi connectivity index (χ3v) is 3.44. The lowest BCUT2D eigenvalue weighted by atomic mass is 10.00. The average molecular weight is 264 g/mol. The summed E-state index contributed by atoms with van der Waals surface area (Å²) in [7, 11) is 1.98. The summed E-state index contributed by atoms with van der Waals surface area (Å²) in [6.45, 7) is 2.21. The van der Waals surface area contributed by atoms with Gasteiger partial charge in [-0.25, -0.2) is 0 Å². The maximum absolute atomic E-state index is 10.6. The number of benzene rings is 1. The first-order chi connectivity index (χ1) is 9.17. The monoisotopic (exact) mass is 264 g/mol. The number of rotatable bonds is 9. The number of nitrogens with zero attached hydrogens (tertiary/aromatic N) is 1.